The summed E-state index contributed by atoms with van der Waals surface area (Å²) in [7, 11) is 2.48. The Morgan fingerprint density at radius 2 is 2.07 bits per heavy atom. The fourth-order valence-corrected chi connectivity index (χ4v) is 1.23. The minimum absolute atomic E-state index is 0.0258. The Kier molecular flexibility index (Phi) is 3.14. The summed E-state index contributed by atoms with van der Waals surface area (Å²) in [5.41, 5.74) is 5.94. The predicted octanol–water partition coefficient (Wildman–Crippen LogP) is 1.51. The molecule has 0 fully saturated rings. The van der Waals surface area contributed by atoms with Crippen molar-refractivity contribution in [2.45, 2.75) is 6.92 Å². The number of anilines is 1. The summed E-state index contributed by atoms with van der Waals surface area (Å²) in [4.78, 5) is 11.3. The summed E-state index contributed by atoms with van der Waals surface area (Å²) in [6.45, 7) is 1.66. The van der Waals surface area contributed by atoms with Gasteiger partial charge in [0, 0.05) is 0 Å². The second kappa shape index (κ2) is 4.16. The number of ether oxygens (including phenoxy) is 2. The third-order valence-corrected chi connectivity index (χ3v) is 2.09. The molecular weight excluding hydrogens is 201 g/mol. The van der Waals surface area contributed by atoms with Crippen LogP contribution in [0.5, 0.6) is 5.75 Å². The minimum Gasteiger partial charge on any atom is -0.494 e. The van der Waals surface area contributed by atoms with Gasteiger partial charge in [0.05, 0.1) is 19.9 Å². The van der Waals surface area contributed by atoms with Gasteiger partial charge in [0.1, 0.15) is 5.56 Å². The molecule has 0 bridgehead atoms. The van der Waals surface area contributed by atoms with Gasteiger partial charge in [-0.2, -0.15) is 0 Å². The van der Waals surface area contributed by atoms with Crippen LogP contribution in [-0.4, -0.2) is 20.2 Å². The number of aryl methyl sites for hydroxylation is 1. The zero-order valence-corrected chi connectivity index (χ0v) is 8.76. The van der Waals surface area contributed by atoms with Crippen molar-refractivity contribution in [2.75, 3.05) is 20.0 Å². The van der Waals surface area contributed by atoms with E-state index in [2.05, 4.69) is 4.74 Å². The van der Waals surface area contributed by atoms with Crippen molar-refractivity contribution in [3.05, 3.63) is 23.0 Å². The molecule has 82 valence electrons. The summed E-state index contributed by atoms with van der Waals surface area (Å²) in [6.07, 6.45) is 0. The number of hydrogen-bond donors (Lipinski definition) is 1. The zero-order valence-electron chi connectivity index (χ0n) is 8.76. The lowest BCUT2D eigenvalue weighted by molar-refractivity contribution is 0.0596. The largest absolute Gasteiger partial charge is 0.494 e. The number of hydrogen-bond acceptors (Lipinski definition) is 4. The first-order valence-corrected chi connectivity index (χ1v) is 4.23. The highest BCUT2D eigenvalue weighted by atomic mass is 19.1. The number of halogens is 1. The molecule has 0 unspecified atom stereocenters. The van der Waals surface area contributed by atoms with E-state index in [0.717, 1.165) is 7.11 Å². The van der Waals surface area contributed by atoms with Gasteiger partial charge < -0.3 is 15.2 Å². The number of carbonyl (C=O) groups excluding carboxylic acids is 1. The lowest BCUT2D eigenvalue weighted by atomic mass is 10.1. The monoisotopic (exact) mass is 213 g/mol. The smallest absolute Gasteiger partial charge is 0.343 e. The first-order chi connectivity index (χ1) is 7.02. The molecule has 5 heteroatoms. The molecule has 0 atom stereocenters. The van der Waals surface area contributed by atoms with Crippen LogP contribution in [0.25, 0.3) is 0 Å². The molecule has 0 heterocycles. The molecule has 0 aromatic heterocycles. The van der Waals surface area contributed by atoms with Gasteiger partial charge in [0.2, 0.25) is 0 Å². The Morgan fingerprint density at radius 3 is 2.53 bits per heavy atom. The van der Waals surface area contributed by atoms with Gasteiger partial charge in [-0.15, -0.1) is 0 Å². The summed E-state index contributed by atoms with van der Waals surface area (Å²) >= 11 is 0. The number of carbonyl (C=O) groups is 1. The maximum Gasteiger partial charge on any atom is 0.343 e. The topological polar surface area (TPSA) is 61.5 Å². The number of benzene rings is 1. The molecule has 0 saturated heterocycles. The van der Waals surface area contributed by atoms with E-state index in [4.69, 9.17) is 10.5 Å². The van der Waals surface area contributed by atoms with Crippen molar-refractivity contribution in [2.24, 2.45) is 0 Å². The Labute approximate surface area is 86.8 Å². The van der Waals surface area contributed by atoms with Crippen LogP contribution in [-0.2, 0) is 4.74 Å². The highest BCUT2D eigenvalue weighted by Gasteiger charge is 2.21. The molecule has 0 radical (unpaired) electrons. The van der Waals surface area contributed by atoms with Crippen molar-refractivity contribution in [1.29, 1.82) is 0 Å². The summed E-state index contributed by atoms with van der Waals surface area (Å²) < 4.78 is 22.9. The fourth-order valence-electron chi connectivity index (χ4n) is 1.23. The molecular formula is C10H12FNO3. The molecule has 1 aromatic rings. The van der Waals surface area contributed by atoms with Crippen molar-refractivity contribution in [3.63, 3.8) is 0 Å². The van der Waals surface area contributed by atoms with Crippen LogP contribution < -0.4 is 10.5 Å². The summed E-state index contributed by atoms with van der Waals surface area (Å²) in [5, 5.41) is 0. The first kappa shape index (κ1) is 11.3. The zero-order chi connectivity index (χ0) is 11.6. The summed E-state index contributed by atoms with van der Waals surface area (Å²) in [5.74, 6) is -1.64. The second-order valence-corrected chi connectivity index (χ2v) is 2.99. The van der Waals surface area contributed by atoms with E-state index in [1.54, 1.807) is 6.92 Å². The number of rotatable bonds is 2. The van der Waals surface area contributed by atoms with Crippen molar-refractivity contribution < 1.29 is 18.7 Å². The molecule has 0 aliphatic heterocycles. The van der Waals surface area contributed by atoms with Crippen LogP contribution in [0.1, 0.15) is 15.9 Å². The van der Waals surface area contributed by atoms with Crippen LogP contribution >= 0.6 is 0 Å². The molecule has 0 saturated carbocycles. The Morgan fingerprint density at radius 1 is 1.47 bits per heavy atom. The van der Waals surface area contributed by atoms with Gasteiger partial charge >= 0.3 is 5.97 Å². The molecule has 1 rings (SSSR count). The Balaban J connectivity index is 3.47. The molecule has 15 heavy (non-hydrogen) atoms. The quantitative estimate of drug-likeness (QED) is 0.597. The first-order valence-electron chi connectivity index (χ1n) is 4.23. The van der Waals surface area contributed by atoms with E-state index in [1.165, 1.54) is 13.2 Å². The van der Waals surface area contributed by atoms with Gasteiger partial charge in [0.15, 0.2) is 11.6 Å². The van der Waals surface area contributed by atoms with E-state index in [0.29, 0.717) is 5.56 Å². The van der Waals surface area contributed by atoms with E-state index in [9.17, 15) is 9.18 Å². The third-order valence-electron chi connectivity index (χ3n) is 2.09. The van der Waals surface area contributed by atoms with Gasteiger partial charge in [-0.3, -0.25) is 0 Å². The van der Waals surface area contributed by atoms with E-state index < -0.39 is 11.8 Å². The van der Waals surface area contributed by atoms with E-state index in [1.807, 2.05) is 0 Å². The normalized spacial score (nSPS) is 9.87. The average molecular weight is 213 g/mol. The molecule has 0 spiro atoms. The lowest BCUT2D eigenvalue weighted by Crippen LogP contribution is -2.11. The van der Waals surface area contributed by atoms with Crippen LogP contribution in [0.4, 0.5) is 10.1 Å². The van der Waals surface area contributed by atoms with E-state index in [-0.39, 0.29) is 17.0 Å². The molecule has 0 amide bonds. The highest BCUT2D eigenvalue weighted by Crippen LogP contribution is 2.29. The standard InChI is InChI=1S/C10H12FNO3/c1-5-4-6(14-2)8(11)7(9(5)12)10(13)15-3/h4H,12H2,1-3H3. The Hall–Kier alpha value is -1.78. The Bertz CT molecular complexity index is 404. The van der Waals surface area contributed by atoms with E-state index >= 15 is 0 Å². The van der Waals surface area contributed by atoms with Crippen LogP contribution in [0.2, 0.25) is 0 Å². The lowest BCUT2D eigenvalue weighted by Gasteiger charge is -2.11. The van der Waals surface area contributed by atoms with Gasteiger partial charge in [-0.25, -0.2) is 9.18 Å². The van der Waals surface area contributed by atoms with Crippen LogP contribution in [0.15, 0.2) is 6.07 Å². The minimum atomic E-state index is -0.813. The van der Waals surface area contributed by atoms with Gasteiger partial charge in [-0.1, -0.05) is 0 Å². The van der Waals surface area contributed by atoms with Gasteiger partial charge in [-0.05, 0) is 18.6 Å². The molecule has 2 N–H and O–H groups in total. The fraction of sp³-hybridized carbons (Fsp3) is 0.300. The van der Waals surface area contributed by atoms with Gasteiger partial charge in [0.25, 0.3) is 0 Å². The number of nitrogen functional groups attached to an aromatic ring is 1. The molecule has 4 nitrogen and oxygen atoms in total. The van der Waals surface area contributed by atoms with Crippen molar-refractivity contribution >= 4 is 11.7 Å². The predicted molar refractivity (Wildman–Crippen MR) is 53.4 cm³/mol. The maximum atomic E-state index is 13.6. The average Bonchev–Trinajstić information content (AvgIpc) is 2.23. The van der Waals surface area contributed by atoms with Crippen LogP contribution in [0.3, 0.4) is 0 Å². The SMILES string of the molecule is COC(=O)c1c(N)c(C)cc(OC)c1F. The van der Waals surface area contributed by atoms with Crippen LogP contribution in [0, 0.1) is 12.7 Å². The van der Waals surface area contributed by atoms with Crippen molar-refractivity contribution in [1.82, 2.24) is 0 Å². The molecule has 0 aliphatic rings. The highest BCUT2D eigenvalue weighted by molar-refractivity contribution is 5.96. The third kappa shape index (κ3) is 1.86. The second-order valence-electron chi connectivity index (χ2n) is 2.99. The molecule has 0 aliphatic carbocycles. The number of methoxy groups -OCH3 is 2. The summed E-state index contributed by atoms with van der Waals surface area (Å²) in [6, 6.07) is 1.43. The molecule has 1 aromatic carbocycles. The number of esters is 1. The number of nitrogens with two attached hydrogens (primary N) is 1. The van der Waals surface area contributed by atoms with Crippen molar-refractivity contribution in [3.8, 4) is 5.75 Å². The maximum absolute atomic E-state index is 13.6.